The summed E-state index contributed by atoms with van der Waals surface area (Å²) in [4.78, 5) is 29.3. The first-order valence-electron chi connectivity index (χ1n) is 5.86. The van der Waals surface area contributed by atoms with Crippen molar-refractivity contribution in [3.05, 3.63) is 21.6 Å². The minimum atomic E-state index is -0.746. The number of anilines is 1. The molecule has 20 heavy (non-hydrogen) atoms. The summed E-state index contributed by atoms with van der Waals surface area (Å²) in [5.41, 5.74) is -0.466. The van der Waals surface area contributed by atoms with Gasteiger partial charge < -0.3 is 10.1 Å². The van der Waals surface area contributed by atoms with E-state index in [1.165, 1.54) is 7.11 Å². The molecule has 0 amide bonds. The second-order valence-corrected chi connectivity index (χ2v) is 4.83. The molecule has 1 N–H and O–H groups in total. The Bertz CT molecular complexity index is 509. The molecule has 8 nitrogen and oxygen atoms in total. The zero-order chi connectivity index (χ0) is 15.3. The second kappa shape index (κ2) is 6.99. The van der Waals surface area contributed by atoms with Gasteiger partial charge in [0.2, 0.25) is 11.0 Å². The lowest BCUT2D eigenvalue weighted by Crippen LogP contribution is -2.32. The molecule has 0 aliphatic heterocycles. The van der Waals surface area contributed by atoms with Crippen LogP contribution in [0.25, 0.3) is 0 Å². The lowest BCUT2D eigenvalue weighted by atomic mass is 10.0. The standard InChI is InChI=1S/C11H15ClN4O4/c1-6(2)4-7(11(17)20-3)15-10-8(16(18)19)9(12)13-5-14-10/h5-7H,4H2,1-3H3,(H,13,14,15). The van der Waals surface area contributed by atoms with Gasteiger partial charge in [-0.2, -0.15) is 0 Å². The number of nitrogens with one attached hydrogen (secondary N) is 1. The van der Waals surface area contributed by atoms with Gasteiger partial charge in [0.05, 0.1) is 12.0 Å². The van der Waals surface area contributed by atoms with E-state index in [2.05, 4.69) is 20.0 Å². The monoisotopic (exact) mass is 302 g/mol. The molecule has 110 valence electrons. The van der Waals surface area contributed by atoms with Crippen molar-refractivity contribution in [1.82, 2.24) is 9.97 Å². The Morgan fingerprint density at radius 1 is 1.55 bits per heavy atom. The van der Waals surface area contributed by atoms with Crippen LogP contribution in [0.2, 0.25) is 5.15 Å². The van der Waals surface area contributed by atoms with Crippen LogP contribution in [0.1, 0.15) is 20.3 Å². The van der Waals surface area contributed by atoms with Crippen LogP contribution in [-0.4, -0.2) is 34.0 Å². The number of nitro groups is 1. The molecule has 1 aromatic rings. The van der Waals surface area contributed by atoms with Gasteiger partial charge in [0, 0.05) is 0 Å². The molecule has 0 bridgehead atoms. The third kappa shape index (κ3) is 4.02. The van der Waals surface area contributed by atoms with Gasteiger partial charge in [0.1, 0.15) is 12.4 Å². The van der Waals surface area contributed by atoms with E-state index in [4.69, 9.17) is 11.6 Å². The average Bonchev–Trinajstić information content (AvgIpc) is 2.36. The number of carbonyl (C=O) groups excluding carboxylic acids is 1. The van der Waals surface area contributed by atoms with Crippen molar-refractivity contribution >= 4 is 29.1 Å². The van der Waals surface area contributed by atoms with Crippen LogP contribution in [-0.2, 0) is 9.53 Å². The highest BCUT2D eigenvalue weighted by Crippen LogP contribution is 2.29. The zero-order valence-corrected chi connectivity index (χ0v) is 12.0. The summed E-state index contributed by atoms with van der Waals surface area (Å²) in [6, 6.07) is -0.746. The summed E-state index contributed by atoms with van der Waals surface area (Å²) in [6.07, 6.45) is 1.52. The van der Waals surface area contributed by atoms with Gasteiger partial charge in [0.15, 0.2) is 0 Å². The Balaban J connectivity index is 3.08. The molecule has 0 aromatic carbocycles. The lowest BCUT2D eigenvalue weighted by molar-refractivity contribution is -0.384. The number of hydrogen-bond acceptors (Lipinski definition) is 7. The topological polar surface area (TPSA) is 107 Å². The first-order chi connectivity index (χ1) is 9.36. The highest BCUT2D eigenvalue weighted by Gasteiger charge is 2.27. The normalized spacial score (nSPS) is 12.1. The Morgan fingerprint density at radius 2 is 2.20 bits per heavy atom. The predicted molar refractivity (Wildman–Crippen MR) is 72.6 cm³/mol. The van der Waals surface area contributed by atoms with E-state index in [1.807, 2.05) is 13.8 Å². The molecular weight excluding hydrogens is 288 g/mol. The molecule has 1 rings (SSSR count). The van der Waals surface area contributed by atoms with E-state index in [1.54, 1.807) is 0 Å². The summed E-state index contributed by atoms with van der Waals surface area (Å²) in [6.45, 7) is 3.83. The van der Waals surface area contributed by atoms with Crippen molar-refractivity contribution in [3.8, 4) is 0 Å². The van der Waals surface area contributed by atoms with Gasteiger partial charge in [-0.05, 0) is 12.3 Å². The zero-order valence-electron chi connectivity index (χ0n) is 11.3. The molecule has 9 heteroatoms. The quantitative estimate of drug-likeness (QED) is 0.371. The first kappa shape index (κ1) is 16.1. The Hall–Kier alpha value is -1.96. The van der Waals surface area contributed by atoms with Gasteiger partial charge in [-0.15, -0.1) is 0 Å². The summed E-state index contributed by atoms with van der Waals surface area (Å²) in [5.74, 6) is -0.447. The van der Waals surface area contributed by atoms with Crippen molar-refractivity contribution in [2.24, 2.45) is 5.92 Å². The number of ether oxygens (including phenoxy) is 1. The second-order valence-electron chi connectivity index (χ2n) is 4.47. The Kier molecular flexibility index (Phi) is 5.63. The van der Waals surface area contributed by atoms with Crippen molar-refractivity contribution < 1.29 is 14.5 Å². The van der Waals surface area contributed by atoms with E-state index >= 15 is 0 Å². The smallest absolute Gasteiger partial charge is 0.348 e. The minimum absolute atomic E-state index is 0.106. The van der Waals surface area contributed by atoms with Crippen LogP contribution >= 0.6 is 11.6 Å². The molecule has 0 radical (unpaired) electrons. The maximum Gasteiger partial charge on any atom is 0.348 e. The molecule has 0 saturated heterocycles. The SMILES string of the molecule is COC(=O)C(CC(C)C)Nc1ncnc(Cl)c1[N+](=O)[O-]. The van der Waals surface area contributed by atoms with Crippen LogP contribution in [0.5, 0.6) is 0 Å². The number of esters is 1. The lowest BCUT2D eigenvalue weighted by Gasteiger charge is -2.18. The number of hydrogen-bond donors (Lipinski definition) is 1. The van der Waals surface area contributed by atoms with Gasteiger partial charge in [-0.1, -0.05) is 25.4 Å². The van der Waals surface area contributed by atoms with Crippen LogP contribution in [0.15, 0.2) is 6.33 Å². The molecule has 0 aliphatic rings. The minimum Gasteiger partial charge on any atom is -0.467 e. The number of halogens is 1. The number of methoxy groups -OCH3 is 1. The fraction of sp³-hybridized carbons (Fsp3) is 0.545. The van der Waals surface area contributed by atoms with E-state index in [0.717, 1.165) is 6.33 Å². The third-order valence-corrected chi connectivity index (χ3v) is 2.74. The highest BCUT2D eigenvalue weighted by molar-refractivity contribution is 6.31. The first-order valence-corrected chi connectivity index (χ1v) is 6.23. The molecular formula is C11H15ClN4O4. The van der Waals surface area contributed by atoms with E-state index < -0.39 is 22.6 Å². The Morgan fingerprint density at radius 3 is 2.70 bits per heavy atom. The summed E-state index contributed by atoms with van der Waals surface area (Å²) >= 11 is 5.68. The van der Waals surface area contributed by atoms with Crippen molar-refractivity contribution in [3.63, 3.8) is 0 Å². The van der Waals surface area contributed by atoms with Crippen molar-refractivity contribution in [2.75, 3.05) is 12.4 Å². The number of aromatic nitrogens is 2. The fourth-order valence-electron chi connectivity index (χ4n) is 1.62. The maximum absolute atomic E-state index is 11.7. The van der Waals surface area contributed by atoms with E-state index in [9.17, 15) is 14.9 Å². The summed E-state index contributed by atoms with van der Waals surface area (Å²) < 4.78 is 4.67. The maximum atomic E-state index is 11.7. The van der Waals surface area contributed by atoms with E-state index in [0.29, 0.717) is 6.42 Å². The van der Waals surface area contributed by atoms with Gasteiger partial charge in [0.25, 0.3) is 0 Å². The summed E-state index contributed by atoms with van der Waals surface area (Å²) in [5, 5.41) is 13.4. The molecule has 1 unspecified atom stereocenters. The largest absolute Gasteiger partial charge is 0.467 e. The molecule has 0 saturated carbocycles. The van der Waals surface area contributed by atoms with Crippen LogP contribution in [0.4, 0.5) is 11.5 Å². The van der Waals surface area contributed by atoms with Crippen LogP contribution in [0.3, 0.4) is 0 Å². The van der Waals surface area contributed by atoms with Crippen LogP contribution < -0.4 is 5.32 Å². The molecule has 1 heterocycles. The van der Waals surface area contributed by atoms with Gasteiger partial charge >= 0.3 is 11.7 Å². The molecule has 1 atom stereocenters. The third-order valence-electron chi connectivity index (χ3n) is 2.46. The van der Waals surface area contributed by atoms with Gasteiger partial charge in [-0.25, -0.2) is 14.8 Å². The number of carbonyl (C=O) groups is 1. The summed E-state index contributed by atoms with van der Waals surface area (Å²) in [7, 11) is 1.25. The number of nitrogens with zero attached hydrogens (tertiary/aromatic N) is 3. The average molecular weight is 303 g/mol. The highest BCUT2D eigenvalue weighted by atomic mass is 35.5. The van der Waals surface area contributed by atoms with Crippen LogP contribution in [0, 0.1) is 16.0 Å². The fourth-order valence-corrected chi connectivity index (χ4v) is 1.82. The molecule has 1 aromatic heterocycles. The molecule has 0 fully saturated rings. The predicted octanol–water partition coefficient (Wildman–Crippen LogP) is 2.04. The van der Waals surface area contributed by atoms with E-state index in [-0.39, 0.29) is 16.9 Å². The van der Waals surface area contributed by atoms with Crippen molar-refractivity contribution in [2.45, 2.75) is 26.3 Å². The molecule has 0 aliphatic carbocycles. The molecule has 0 spiro atoms. The van der Waals surface area contributed by atoms with Crippen molar-refractivity contribution in [1.29, 1.82) is 0 Å². The Labute approximate surface area is 120 Å². The van der Waals surface area contributed by atoms with Gasteiger partial charge in [-0.3, -0.25) is 10.1 Å². The number of rotatable bonds is 6.